The number of amides is 2. The zero-order valence-electron chi connectivity index (χ0n) is 55.6. The molecule has 0 aromatic rings. The predicted molar refractivity (Wildman–Crippen MR) is 346 cm³/mol. The standard InChI is InChI=1S/C61H120B4N6O16/c1-50(72)83-49-56(84-51(2)73)58(85-52(3)74)59(86-53(4)75)60(87-54(5)76)61(78)67-42-34-29-26-24-22-20-18-16-14-12-10-11-13-15-17-19-21-23-25-27-32-40-57(77)66-41-33-30-28-31-39-55(47-70(64(8)81)45-37-35-43-68-62(6)79)48-71(65(9)82)46-38-36-44-69-63(7)80/h55-56,58-60,68-69,79-82H,10-49H2,1-9H3,(H,66,77)(H,67,78)/t56-,58-,59+,60-/m1/s1. The molecule has 22 nitrogen and oxygen atoms in total. The number of nitrogens with one attached hydrogen (secondary N) is 4. The summed E-state index contributed by atoms with van der Waals surface area (Å²) in [4.78, 5) is 90.2. The highest BCUT2D eigenvalue weighted by Gasteiger charge is 2.47. The maximum absolute atomic E-state index is 13.4. The van der Waals surface area contributed by atoms with Crippen LogP contribution < -0.4 is 21.1 Å². The zero-order valence-corrected chi connectivity index (χ0v) is 55.6. The van der Waals surface area contributed by atoms with Gasteiger partial charge in [-0.1, -0.05) is 141 Å². The average Bonchev–Trinajstić information content (AvgIpc) is 3.14. The lowest BCUT2D eigenvalue weighted by molar-refractivity contribution is -0.203. The van der Waals surface area contributed by atoms with Crippen LogP contribution in [0.3, 0.4) is 0 Å². The number of rotatable bonds is 59. The zero-order chi connectivity index (χ0) is 65.0. The smallest absolute Gasteiger partial charge is 0.376 e. The third-order valence-corrected chi connectivity index (χ3v) is 15.3. The molecular weight excluding hydrogens is 1120 g/mol. The molecule has 0 bridgehead atoms. The van der Waals surface area contributed by atoms with E-state index in [9.17, 15) is 53.7 Å². The van der Waals surface area contributed by atoms with Crippen molar-refractivity contribution in [3.05, 3.63) is 0 Å². The lowest BCUT2D eigenvalue weighted by Crippen LogP contribution is -2.57. The molecular formula is C61H120B4N6O16. The van der Waals surface area contributed by atoms with E-state index in [-0.39, 0.29) is 18.4 Å². The number of ether oxygens (including phenoxy) is 5. The molecule has 0 radical (unpaired) electrons. The molecule has 502 valence electrons. The van der Waals surface area contributed by atoms with E-state index >= 15 is 0 Å². The monoisotopic (exact) mass is 1240 g/mol. The van der Waals surface area contributed by atoms with E-state index in [1.54, 1.807) is 13.6 Å². The van der Waals surface area contributed by atoms with Gasteiger partial charge in [-0.05, 0) is 124 Å². The third kappa shape index (κ3) is 50.6. The Morgan fingerprint density at radius 3 is 1.14 bits per heavy atom. The number of hydrogen-bond acceptors (Lipinski definition) is 20. The minimum Gasteiger partial charge on any atom is -0.462 e. The number of unbranched alkanes of at least 4 members (excludes halogenated alkanes) is 25. The highest BCUT2D eigenvalue weighted by Crippen LogP contribution is 2.22. The van der Waals surface area contributed by atoms with Gasteiger partial charge in [0.25, 0.3) is 5.91 Å². The molecule has 0 aliphatic heterocycles. The van der Waals surface area contributed by atoms with Crippen molar-refractivity contribution in [3.8, 4) is 0 Å². The van der Waals surface area contributed by atoms with E-state index in [1.165, 1.54) is 89.9 Å². The molecule has 0 aliphatic rings. The highest BCUT2D eigenvalue weighted by atomic mass is 16.6. The molecule has 0 saturated carbocycles. The lowest BCUT2D eigenvalue weighted by Gasteiger charge is -2.34. The van der Waals surface area contributed by atoms with Gasteiger partial charge in [0.15, 0.2) is 18.3 Å². The van der Waals surface area contributed by atoms with Crippen LogP contribution in [0.25, 0.3) is 0 Å². The van der Waals surface area contributed by atoms with Crippen LogP contribution in [0, 0.1) is 5.92 Å². The molecule has 0 saturated heterocycles. The largest absolute Gasteiger partial charge is 0.462 e. The predicted octanol–water partition coefficient (Wildman–Crippen LogP) is 7.44. The van der Waals surface area contributed by atoms with Crippen molar-refractivity contribution in [2.45, 2.75) is 285 Å². The number of carbonyl (C=O) groups is 7. The van der Waals surface area contributed by atoms with Crippen LogP contribution in [0.1, 0.15) is 234 Å². The van der Waals surface area contributed by atoms with Gasteiger partial charge in [0.1, 0.15) is 6.61 Å². The maximum atomic E-state index is 13.4. The summed E-state index contributed by atoms with van der Waals surface area (Å²) in [5.41, 5.74) is 0. The van der Waals surface area contributed by atoms with E-state index < -0.39 is 95.0 Å². The fraction of sp³-hybridized carbons (Fsp3) is 0.885. The van der Waals surface area contributed by atoms with Gasteiger partial charge in [0.2, 0.25) is 12.0 Å². The summed E-state index contributed by atoms with van der Waals surface area (Å²) in [6.45, 7) is 17.2. The molecule has 0 heterocycles. The highest BCUT2D eigenvalue weighted by molar-refractivity contribution is 6.46. The van der Waals surface area contributed by atoms with Crippen LogP contribution in [0.15, 0.2) is 0 Å². The van der Waals surface area contributed by atoms with E-state index in [4.69, 9.17) is 23.7 Å². The van der Waals surface area contributed by atoms with Gasteiger partial charge >= 0.3 is 58.0 Å². The normalized spacial score (nSPS) is 12.7. The Hall–Kier alpha value is -3.77. The van der Waals surface area contributed by atoms with Crippen molar-refractivity contribution in [1.29, 1.82) is 0 Å². The lowest BCUT2D eigenvalue weighted by atomic mass is 9.80. The quantitative estimate of drug-likeness (QED) is 0.0127. The summed E-state index contributed by atoms with van der Waals surface area (Å²) in [7, 11) is -2.23. The van der Waals surface area contributed by atoms with Gasteiger partial charge in [-0.3, -0.25) is 33.6 Å². The van der Waals surface area contributed by atoms with E-state index in [0.717, 1.165) is 170 Å². The van der Waals surface area contributed by atoms with Gasteiger partial charge in [-0.15, -0.1) is 0 Å². The molecule has 0 aromatic carbocycles. The maximum Gasteiger partial charge on any atom is 0.376 e. The van der Waals surface area contributed by atoms with Gasteiger partial charge in [0, 0.05) is 54.1 Å². The van der Waals surface area contributed by atoms with E-state index in [1.807, 2.05) is 13.6 Å². The summed E-state index contributed by atoms with van der Waals surface area (Å²) in [5.74, 6) is -4.64. The first-order valence-corrected chi connectivity index (χ1v) is 33.6. The van der Waals surface area contributed by atoms with Crippen LogP contribution in [-0.4, -0.2) is 183 Å². The minimum absolute atomic E-state index is 0.153. The summed E-state index contributed by atoms with van der Waals surface area (Å²) < 4.78 is 26.2. The van der Waals surface area contributed by atoms with Gasteiger partial charge in [-0.25, -0.2) is 0 Å². The van der Waals surface area contributed by atoms with E-state index in [0.29, 0.717) is 19.4 Å². The minimum atomic E-state index is -1.79. The first kappa shape index (κ1) is 83.2. The van der Waals surface area contributed by atoms with Crippen LogP contribution in [-0.2, 0) is 57.2 Å². The summed E-state index contributed by atoms with van der Waals surface area (Å²) in [6.07, 6.45) is 27.0. The SMILES string of the molecule is CB(O)NCCCCN(CC(CCCCCCNC(=O)CCCCCCCCCCCCCCCCCCCCCCCNC(=O)[C@H](OC(C)=O)[C@@H](OC(C)=O)[C@H](OC(C)=O)[C@@H](COC(C)=O)OC(C)=O)CN(CCCCNB(C)O)B(C)O)B(C)O. The second-order valence-electron chi connectivity index (χ2n) is 23.9. The number of carbonyl (C=O) groups excluding carboxylic acids is 7. The number of nitrogens with zero attached hydrogens (tertiary/aromatic N) is 2. The van der Waals surface area contributed by atoms with Gasteiger partial charge in [0.05, 0.1) is 0 Å². The third-order valence-electron chi connectivity index (χ3n) is 15.3. The molecule has 0 fully saturated rings. The Bertz CT molecular complexity index is 1770. The second kappa shape index (κ2) is 55.1. The van der Waals surface area contributed by atoms with Crippen molar-refractivity contribution in [3.63, 3.8) is 0 Å². The van der Waals surface area contributed by atoms with Crippen LogP contribution >= 0.6 is 0 Å². The summed E-state index contributed by atoms with van der Waals surface area (Å²) in [5, 5.41) is 52.3. The Balaban J connectivity index is 4.25. The van der Waals surface area contributed by atoms with Gasteiger partial charge < -0.3 is 74.5 Å². The molecule has 0 rings (SSSR count). The van der Waals surface area contributed by atoms with Crippen molar-refractivity contribution in [2.24, 2.45) is 5.92 Å². The Kier molecular flexibility index (Phi) is 52.7. The van der Waals surface area contributed by atoms with Crippen molar-refractivity contribution >= 4 is 69.9 Å². The Morgan fingerprint density at radius 2 is 0.759 bits per heavy atom. The number of hydrogen-bond donors (Lipinski definition) is 8. The molecule has 0 aliphatic carbocycles. The molecule has 0 unspecified atom stereocenters. The fourth-order valence-corrected chi connectivity index (χ4v) is 10.7. The topological polar surface area (TPSA) is 301 Å². The second-order valence-corrected chi connectivity index (χ2v) is 23.9. The Labute approximate surface area is 526 Å². The summed E-state index contributed by atoms with van der Waals surface area (Å²) >= 11 is 0. The molecule has 87 heavy (non-hydrogen) atoms. The molecule has 0 spiro atoms. The van der Waals surface area contributed by atoms with Gasteiger partial charge in [-0.2, -0.15) is 0 Å². The fourth-order valence-electron chi connectivity index (χ4n) is 10.7. The number of esters is 5. The van der Waals surface area contributed by atoms with Crippen molar-refractivity contribution in [2.75, 3.05) is 59.0 Å². The first-order chi connectivity index (χ1) is 41.5. The average molecular weight is 1240 g/mol. The first-order valence-electron chi connectivity index (χ1n) is 33.6. The molecule has 8 N–H and O–H groups in total. The molecule has 26 heteroatoms. The van der Waals surface area contributed by atoms with Crippen molar-refractivity contribution < 1.29 is 77.3 Å². The Morgan fingerprint density at radius 1 is 0.402 bits per heavy atom. The van der Waals surface area contributed by atoms with Crippen LogP contribution in [0.4, 0.5) is 0 Å². The van der Waals surface area contributed by atoms with Crippen LogP contribution in [0.5, 0.6) is 0 Å². The molecule has 2 amide bonds. The van der Waals surface area contributed by atoms with E-state index in [2.05, 4.69) is 30.7 Å². The molecule has 0 aromatic heterocycles. The molecule has 4 atom stereocenters. The van der Waals surface area contributed by atoms with Crippen LogP contribution in [0.2, 0.25) is 27.3 Å². The summed E-state index contributed by atoms with van der Waals surface area (Å²) in [6, 6.07) is 0. The van der Waals surface area contributed by atoms with Crippen molar-refractivity contribution in [1.82, 2.24) is 30.7 Å².